The molecule has 8 nitrogen and oxygen atoms in total. The Balaban J connectivity index is 2.19. The summed E-state index contributed by atoms with van der Waals surface area (Å²) in [5, 5.41) is 21.4. The molecule has 0 radical (unpaired) electrons. The number of aromatic hydroxyl groups is 1. The van der Waals surface area contributed by atoms with Crippen molar-refractivity contribution in [2.24, 2.45) is 0 Å². The maximum absolute atomic E-state index is 12.3. The molecule has 0 unspecified atom stereocenters. The molecule has 0 saturated heterocycles. The number of phenols is 1. The monoisotopic (exact) mass is 330 g/mol. The average molecular weight is 330 g/mol. The van der Waals surface area contributed by atoms with E-state index in [9.17, 15) is 14.7 Å². The summed E-state index contributed by atoms with van der Waals surface area (Å²) in [6, 6.07) is 1.61. The van der Waals surface area contributed by atoms with Crippen LogP contribution >= 0.6 is 11.3 Å². The summed E-state index contributed by atoms with van der Waals surface area (Å²) in [6.07, 6.45) is 4.41. The topological polar surface area (TPSA) is 125 Å². The first-order valence-electron chi connectivity index (χ1n) is 6.43. The molecule has 0 aliphatic rings. The minimum absolute atomic E-state index is 0.111. The number of nitrogens with one attached hydrogen (secondary N) is 1. The number of aromatic nitrogens is 3. The molecule has 9 heteroatoms. The lowest BCUT2D eigenvalue weighted by atomic mass is 10.0. The first kappa shape index (κ1) is 14.9. The molecule has 0 bridgehead atoms. The molecule has 0 aliphatic carbocycles. The van der Waals surface area contributed by atoms with Crippen LogP contribution in [0.3, 0.4) is 0 Å². The normalized spacial score (nSPS) is 10.6. The molecular weight excluding hydrogens is 320 g/mol. The number of benzene rings is 1. The quantitative estimate of drug-likeness (QED) is 0.657. The van der Waals surface area contributed by atoms with Crippen molar-refractivity contribution in [3.8, 4) is 16.2 Å². The highest BCUT2D eigenvalue weighted by atomic mass is 32.1. The van der Waals surface area contributed by atoms with Crippen molar-refractivity contribution < 1.29 is 19.8 Å². The first-order chi connectivity index (χ1) is 11.1. The summed E-state index contributed by atoms with van der Waals surface area (Å²) in [7, 11) is 0. The molecule has 2 heterocycles. The van der Waals surface area contributed by atoms with Gasteiger partial charge in [0.2, 0.25) is 0 Å². The van der Waals surface area contributed by atoms with Crippen LogP contribution in [-0.2, 0) is 4.79 Å². The molecule has 1 amide bonds. The molecule has 3 aromatic rings. The second-order valence-electron chi connectivity index (χ2n) is 4.51. The third-order valence-electron chi connectivity index (χ3n) is 3.06. The number of carbonyl (C=O) groups is 2. The number of phenolic OH excluding ortho intramolecular Hbond substituents is 1. The van der Waals surface area contributed by atoms with Crippen molar-refractivity contribution in [3.63, 3.8) is 0 Å². The van der Waals surface area contributed by atoms with Gasteiger partial charge in [0.15, 0.2) is 0 Å². The Morgan fingerprint density at radius 1 is 1.26 bits per heavy atom. The van der Waals surface area contributed by atoms with Crippen LogP contribution in [0.25, 0.3) is 21.5 Å². The van der Waals surface area contributed by atoms with Crippen LogP contribution < -0.4 is 5.32 Å². The molecule has 116 valence electrons. The van der Waals surface area contributed by atoms with Gasteiger partial charge in [-0.2, -0.15) is 0 Å². The van der Waals surface area contributed by atoms with E-state index in [1.165, 1.54) is 23.7 Å². The number of hydrogen-bond acceptors (Lipinski definition) is 7. The van der Waals surface area contributed by atoms with E-state index in [2.05, 4.69) is 20.3 Å². The first-order valence-corrected chi connectivity index (χ1v) is 7.31. The average Bonchev–Trinajstić information content (AvgIpc) is 3.06. The Bertz CT molecular complexity index is 895. The molecule has 1 aromatic carbocycles. The minimum atomic E-state index is -1.19. The van der Waals surface area contributed by atoms with Crippen LogP contribution in [0.1, 0.15) is 10.4 Å². The fourth-order valence-corrected chi connectivity index (χ4v) is 2.73. The predicted molar refractivity (Wildman–Crippen MR) is 82.3 cm³/mol. The van der Waals surface area contributed by atoms with Gasteiger partial charge in [-0.3, -0.25) is 24.5 Å². The number of fused-ring (bicyclic) bond motifs is 1. The van der Waals surface area contributed by atoms with Crippen LogP contribution in [0.15, 0.2) is 30.2 Å². The molecular formula is C14H10N4O4S. The summed E-state index contributed by atoms with van der Waals surface area (Å²) in [5.41, 5.74) is 2.48. The number of nitrogens with zero attached hydrogens (tertiary/aromatic N) is 3. The van der Waals surface area contributed by atoms with Crippen molar-refractivity contribution in [3.05, 3.63) is 35.7 Å². The van der Waals surface area contributed by atoms with Crippen LogP contribution in [0.4, 0.5) is 0 Å². The zero-order chi connectivity index (χ0) is 16.4. The van der Waals surface area contributed by atoms with Crippen LogP contribution in [0.2, 0.25) is 0 Å². The Kier molecular flexibility index (Phi) is 3.85. The minimum Gasteiger partial charge on any atom is -0.506 e. The van der Waals surface area contributed by atoms with Gasteiger partial charge < -0.3 is 15.5 Å². The summed E-state index contributed by atoms with van der Waals surface area (Å²) >= 11 is 1.29. The van der Waals surface area contributed by atoms with Crippen molar-refractivity contribution in [1.29, 1.82) is 0 Å². The molecule has 2 aromatic heterocycles. The molecule has 0 atom stereocenters. The summed E-state index contributed by atoms with van der Waals surface area (Å²) in [4.78, 5) is 35.7. The molecule has 0 aliphatic heterocycles. The molecule has 0 spiro atoms. The molecule has 3 rings (SSSR count). The lowest BCUT2D eigenvalue weighted by molar-refractivity contribution is -0.135. The lowest BCUT2D eigenvalue weighted by Crippen LogP contribution is -2.29. The summed E-state index contributed by atoms with van der Waals surface area (Å²) in [6.45, 7) is -0.565. The number of carboxylic acid groups (broad SMARTS) is 1. The van der Waals surface area contributed by atoms with Gasteiger partial charge in [-0.25, -0.2) is 0 Å². The Morgan fingerprint density at radius 3 is 2.74 bits per heavy atom. The Hall–Kier alpha value is -3.07. The maximum Gasteiger partial charge on any atom is 0.322 e. The zero-order valence-corrected chi connectivity index (χ0v) is 12.4. The molecule has 0 fully saturated rings. The SMILES string of the molecule is O=C(O)CNC(=O)c1c(O)c(-c2cncs2)cc2nccnc12. The van der Waals surface area contributed by atoms with Gasteiger partial charge in [0.1, 0.15) is 23.4 Å². The highest BCUT2D eigenvalue weighted by Crippen LogP contribution is 2.37. The Morgan fingerprint density at radius 2 is 2.04 bits per heavy atom. The highest BCUT2D eigenvalue weighted by molar-refractivity contribution is 7.13. The summed E-state index contributed by atoms with van der Waals surface area (Å²) < 4.78 is 0. The number of hydrogen-bond donors (Lipinski definition) is 3. The highest BCUT2D eigenvalue weighted by Gasteiger charge is 2.22. The van der Waals surface area contributed by atoms with E-state index in [1.54, 1.807) is 17.8 Å². The standard InChI is InChI=1S/C14H10N4O4S/c19-10(20)5-18-14(22)11-12-8(16-1-2-17-12)3-7(13(11)21)9-4-15-6-23-9/h1-4,6,21H,5H2,(H,18,22)(H,19,20). The van der Waals surface area contributed by atoms with E-state index in [-0.39, 0.29) is 16.8 Å². The number of amides is 1. The van der Waals surface area contributed by atoms with Gasteiger partial charge in [0.05, 0.1) is 15.9 Å². The van der Waals surface area contributed by atoms with Gasteiger partial charge >= 0.3 is 5.97 Å². The molecule has 23 heavy (non-hydrogen) atoms. The van der Waals surface area contributed by atoms with E-state index in [0.717, 1.165) is 0 Å². The Labute approximate surface area is 133 Å². The third-order valence-corrected chi connectivity index (χ3v) is 3.87. The van der Waals surface area contributed by atoms with Gasteiger partial charge in [-0.05, 0) is 6.07 Å². The van der Waals surface area contributed by atoms with E-state index >= 15 is 0 Å². The maximum atomic E-state index is 12.3. The van der Waals surface area contributed by atoms with Gasteiger partial charge in [-0.1, -0.05) is 0 Å². The lowest BCUT2D eigenvalue weighted by Gasteiger charge is -2.11. The van der Waals surface area contributed by atoms with Crippen LogP contribution in [0.5, 0.6) is 5.75 Å². The van der Waals surface area contributed by atoms with Crippen LogP contribution in [-0.4, -0.2) is 43.6 Å². The largest absolute Gasteiger partial charge is 0.506 e. The number of rotatable bonds is 4. The van der Waals surface area contributed by atoms with Gasteiger partial charge in [-0.15, -0.1) is 11.3 Å². The van der Waals surface area contributed by atoms with Crippen molar-refractivity contribution in [1.82, 2.24) is 20.3 Å². The molecule has 3 N–H and O–H groups in total. The smallest absolute Gasteiger partial charge is 0.322 e. The number of aliphatic carboxylic acids is 1. The fraction of sp³-hybridized carbons (Fsp3) is 0.0714. The molecule has 0 saturated carbocycles. The van der Waals surface area contributed by atoms with Crippen molar-refractivity contribution in [2.75, 3.05) is 6.54 Å². The number of carbonyl (C=O) groups excluding carboxylic acids is 1. The second-order valence-corrected chi connectivity index (χ2v) is 5.40. The van der Waals surface area contributed by atoms with Crippen LogP contribution in [0, 0.1) is 0 Å². The van der Waals surface area contributed by atoms with Gasteiger partial charge in [0, 0.05) is 24.2 Å². The third kappa shape index (κ3) is 2.81. The number of thiazole rings is 1. The predicted octanol–water partition coefficient (Wildman–Crippen LogP) is 1.27. The van der Waals surface area contributed by atoms with Gasteiger partial charge in [0.25, 0.3) is 5.91 Å². The van der Waals surface area contributed by atoms with E-state index in [1.807, 2.05) is 0 Å². The fourth-order valence-electron chi connectivity index (χ4n) is 2.09. The number of carboxylic acids is 1. The second kappa shape index (κ2) is 5.97. The zero-order valence-electron chi connectivity index (χ0n) is 11.6. The van der Waals surface area contributed by atoms with E-state index in [4.69, 9.17) is 5.11 Å². The summed E-state index contributed by atoms with van der Waals surface area (Å²) in [5.74, 6) is -2.21. The van der Waals surface area contributed by atoms with E-state index < -0.39 is 18.4 Å². The van der Waals surface area contributed by atoms with Crippen molar-refractivity contribution in [2.45, 2.75) is 0 Å². The van der Waals surface area contributed by atoms with E-state index in [0.29, 0.717) is 16.0 Å². The van der Waals surface area contributed by atoms with Crippen molar-refractivity contribution >= 4 is 34.2 Å².